The number of hydrogen-bond donors (Lipinski definition) is 1. The molecule has 0 saturated carbocycles. The van der Waals surface area contributed by atoms with Gasteiger partial charge in [-0.1, -0.05) is 11.6 Å². The van der Waals surface area contributed by atoms with Crippen LogP contribution in [0.3, 0.4) is 0 Å². The van der Waals surface area contributed by atoms with Gasteiger partial charge < -0.3 is 0 Å². The minimum absolute atomic E-state index is 0.727. The van der Waals surface area contributed by atoms with Crippen molar-refractivity contribution in [1.82, 2.24) is 24.9 Å². The van der Waals surface area contributed by atoms with E-state index in [0.29, 0.717) is 0 Å². The lowest BCUT2D eigenvalue weighted by Crippen LogP contribution is -2.17. The average molecular weight is 316 g/mol. The normalized spacial score (nSPS) is 11.3. The molecule has 0 fully saturated rings. The van der Waals surface area contributed by atoms with E-state index in [-0.39, 0.29) is 0 Å². The van der Waals surface area contributed by atoms with Gasteiger partial charge in [0.2, 0.25) is 0 Å². The van der Waals surface area contributed by atoms with Crippen LogP contribution in [0.4, 0.5) is 0 Å². The Morgan fingerprint density at radius 1 is 1.23 bits per heavy atom. The van der Waals surface area contributed by atoms with Gasteiger partial charge in [-0.3, -0.25) is 10.00 Å². The molecule has 2 aromatic heterocycles. The predicted octanol–water partition coefficient (Wildman–Crippen LogP) is 3.19. The molecule has 3 aromatic rings. The number of aromatic amines is 1. The second kappa shape index (κ2) is 6.34. The Bertz CT molecular complexity index is 744. The van der Waals surface area contributed by atoms with Crippen LogP contribution in [-0.2, 0) is 13.1 Å². The Hall–Kier alpha value is -2.11. The zero-order valence-electron chi connectivity index (χ0n) is 12.6. The summed E-state index contributed by atoms with van der Waals surface area (Å²) < 4.78 is 1.86. The first kappa shape index (κ1) is 14.8. The Morgan fingerprint density at radius 2 is 2.00 bits per heavy atom. The molecule has 0 atom stereocenters. The van der Waals surface area contributed by atoms with Crippen molar-refractivity contribution in [3.05, 3.63) is 64.7 Å². The molecule has 0 aliphatic heterocycles. The highest BCUT2D eigenvalue weighted by molar-refractivity contribution is 6.30. The van der Waals surface area contributed by atoms with Crippen molar-refractivity contribution in [2.24, 2.45) is 0 Å². The number of aryl methyl sites for hydroxylation is 1. The number of benzene rings is 1. The number of nitrogens with zero attached hydrogens (tertiary/aromatic N) is 4. The Balaban J connectivity index is 1.65. The van der Waals surface area contributed by atoms with E-state index >= 15 is 0 Å². The highest BCUT2D eigenvalue weighted by atomic mass is 35.5. The molecule has 6 heteroatoms. The van der Waals surface area contributed by atoms with Gasteiger partial charge in [-0.25, -0.2) is 4.68 Å². The third-order valence-electron chi connectivity index (χ3n) is 3.37. The largest absolute Gasteiger partial charge is 0.296 e. The summed E-state index contributed by atoms with van der Waals surface area (Å²) in [6.07, 6.45) is 3.93. The summed E-state index contributed by atoms with van der Waals surface area (Å²) in [5.41, 5.74) is 4.29. The van der Waals surface area contributed by atoms with Gasteiger partial charge in [0, 0.05) is 35.6 Å². The van der Waals surface area contributed by atoms with Gasteiger partial charge in [0.25, 0.3) is 0 Å². The molecule has 1 aromatic carbocycles. The average Bonchev–Trinajstić information content (AvgIpc) is 3.09. The van der Waals surface area contributed by atoms with Crippen LogP contribution < -0.4 is 0 Å². The second-order valence-corrected chi connectivity index (χ2v) is 5.92. The molecule has 3 rings (SSSR count). The van der Waals surface area contributed by atoms with E-state index in [2.05, 4.69) is 33.3 Å². The summed E-state index contributed by atoms with van der Waals surface area (Å²) in [4.78, 5) is 2.21. The standard InChI is InChI=1S/C16H18ClN5/c1-12-7-15(20-19-12)11-21(2)9-13-8-18-22(10-13)16-5-3-14(17)4-6-16/h3-8,10H,9,11H2,1-2H3,(H,19,20). The third kappa shape index (κ3) is 3.55. The number of hydrogen-bond acceptors (Lipinski definition) is 3. The number of nitrogens with one attached hydrogen (secondary N) is 1. The number of rotatable bonds is 5. The van der Waals surface area contributed by atoms with Gasteiger partial charge in [-0.05, 0) is 44.3 Å². The monoisotopic (exact) mass is 315 g/mol. The quantitative estimate of drug-likeness (QED) is 0.786. The Morgan fingerprint density at radius 3 is 2.68 bits per heavy atom. The summed E-state index contributed by atoms with van der Waals surface area (Å²) in [5, 5.41) is 12.4. The zero-order valence-corrected chi connectivity index (χ0v) is 13.4. The van der Waals surface area contributed by atoms with Crippen molar-refractivity contribution in [2.75, 3.05) is 7.05 Å². The summed E-state index contributed by atoms with van der Waals surface area (Å²) in [6, 6.07) is 9.70. The zero-order chi connectivity index (χ0) is 15.5. The summed E-state index contributed by atoms with van der Waals surface area (Å²) >= 11 is 5.91. The van der Waals surface area contributed by atoms with Gasteiger partial charge >= 0.3 is 0 Å². The molecule has 0 saturated heterocycles. The molecule has 1 N–H and O–H groups in total. The molecule has 2 heterocycles. The number of H-pyrrole nitrogens is 1. The molecular weight excluding hydrogens is 298 g/mol. The molecule has 22 heavy (non-hydrogen) atoms. The van der Waals surface area contributed by atoms with Crippen molar-refractivity contribution in [1.29, 1.82) is 0 Å². The van der Waals surface area contributed by atoms with Gasteiger partial charge in [-0.2, -0.15) is 10.2 Å². The maximum absolute atomic E-state index is 5.91. The fraction of sp³-hybridized carbons (Fsp3) is 0.250. The fourth-order valence-electron chi connectivity index (χ4n) is 2.38. The molecule has 0 amide bonds. The summed E-state index contributed by atoms with van der Waals surface area (Å²) in [6.45, 7) is 3.63. The predicted molar refractivity (Wildman–Crippen MR) is 87.1 cm³/mol. The minimum Gasteiger partial charge on any atom is -0.296 e. The van der Waals surface area contributed by atoms with Gasteiger partial charge in [-0.15, -0.1) is 0 Å². The van der Waals surface area contributed by atoms with Gasteiger partial charge in [0.15, 0.2) is 0 Å². The summed E-state index contributed by atoms with van der Waals surface area (Å²) in [7, 11) is 2.07. The molecule has 0 bridgehead atoms. The van der Waals surface area contributed by atoms with E-state index in [1.54, 1.807) is 0 Å². The maximum Gasteiger partial charge on any atom is 0.0765 e. The van der Waals surface area contributed by atoms with E-state index in [9.17, 15) is 0 Å². The van der Waals surface area contributed by atoms with Crippen LogP contribution in [0.5, 0.6) is 0 Å². The van der Waals surface area contributed by atoms with E-state index in [0.717, 1.165) is 40.8 Å². The van der Waals surface area contributed by atoms with Crippen molar-refractivity contribution in [2.45, 2.75) is 20.0 Å². The van der Waals surface area contributed by atoms with Crippen LogP contribution in [0.25, 0.3) is 5.69 Å². The molecule has 0 unspecified atom stereocenters. The van der Waals surface area contributed by atoms with Crippen LogP contribution in [0.1, 0.15) is 17.0 Å². The first-order chi connectivity index (χ1) is 10.6. The lowest BCUT2D eigenvalue weighted by Gasteiger charge is -2.13. The molecular formula is C16H18ClN5. The topological polar surface area (TPSA) is 49.7 Å². The van der Waals surface area contributed by atoms with E-state index in [4.69, 9.17) is 11.6 Å². The molecule has 5 nitrogen and oxygen atoms in total. The van der Waals surface area contributed by atoms with Crippen LogP contribution in [-0.4, -0.2) is 31.9 Å². The van der Waals surface area contributed by atoms with Crippen LogP contribution in [0.2, 0.25) is 5.02 Å². The van der Waals surface area contributed by atoms with Crippen molar-refractivity contribution >= 4 is 11.6 Å². The van der Waals surface area contributed by atoms with Crippen molar-refractivity contribution < 1.29 is 0 Å². The molecule has 0 aliphatic carbocycles. The summed E-state index contributed by atoms with van der Waals surface area (Å²) in [5.74, 6) is 0. The lowest BCUT2D eigenvalue weighted by atomic mass is 10.3. The van der Waals surface area contributed by atoms with E-state index in [1.807, 2.05) is 48.3 Å². The Labute approximate surface area is 134 Å². The van der Waals surface area contributed by atoms with Gasteiger partial charge in [0.05, 0.1) is 17.6 Å². The molecule has 0 aliphatic rings. The fourth-order valence-corrected chi connectivity index (χ4v) is 2.50. The maximum atomic E-state index is 5.91. The first-order valence-corrected chi connectivity index (χ1v) is 7.47. The van der Waals surface area contributed by atoms with E-state index in [1.165, 1.54) is 0 Å². The van der Waals surface area contributed by atoms with Crippen LogP contribution in [0.15, 0.2) is 42.7 Å². The molecule has 0 radical (unpaired) electrons. The SMILES string of the molecule is Cc1cc(CN(C)Cc2cnn(-c3ccc(Cl)cc3)c2)n[nH]1. The number of aromatic nitrogens is 4. The Kier molecular flexibility index (Phi) is 4.27. The van der Waals surface area contributed by atoms with Crippen LogP contribution in [0, 0.1) is 6.92 Å². The number of halogens is 1. The molecule has 114 valence electrons. The highest BCUT2D eigenvalue weighted by Crippen LogP contribution is 2.14. The minimum atomic E-state index is 0.727. The highest BCUT2D eigenvalue weighted by Gasteiger charge is 2.07. The van der Waals surface area contributed by atoms with Crippen LogP contribution >= 0.6 is 11.6 Å². The third-order valence-corrected chi connectivity index (χ3v) is 3.62. The molecule has 0 spiro atoms. The lowest BCUT2D eigenvalue weighted by molar-refractivity contribution is 0.315. The van der Waals surface area contributed by atoms with Gasteiger partial charge in [0.1, 0.15) is 0 Å². The first-order valence-electron chi connectivity index (χ1n) is 7.09. The van der Waals surface area contributed by atoms with E-state index < -0.39 is 0 Å². The van der Waals surface area contributed by atoms with Crippen molar-refractivity contribution in [3.8, 4) is 5.69 Å². The second-order valence-electron chi connectivity index (χ2n) is 5.48. The smallest absolute Gasteiger partial charge is 0.0765 e. The van der Waals surface area contributed by atoms with Crippen molar-refractivity contribution in [3.63, 3.8) is 0 Å².